The minimum absolute atomic E-state index is 0.474. The number of hydrogen-bond acceptors (Lipinski definition) is 2. The minimum atomic E-state index is 0.474. The van der Waals surface area contributed by atoms with Crippen LogP contribution in [0.25, 0.3) is 0 Å². The molecule has 1 aliphatic heterocycles. The largest absolute Gasteiger partial charge is 0.372 e. The maximum absolute atomic E-state index is 8.79. The highest BCUT2D eigenvalue weighted by atomic mass is 15.1. The van der Waals surface area contributed by atoms with Gasteiger partial charge in [0.25, 0.3) is 0 Å². The highest BCUT2D eigenvalue weighted by Gasteiger charge is 2.22. The van der Waals surface area contributed by atoms with Crippen LogP contribution in [0.5, 0.6) is 0 Å². The molecule has 1 aromatic rings. The first-order valence-corrected chi connectivity index (χ1v) is 6.36. The number of benzene rings is 1. The average Bonchev–Trinajstić information content (AvgIpc) is 2.50. The summed E-state index contributed by atoms with van der Waals surface area (Å²) >= 11 is 0. The number of anilines is 1. The zero-order chi connectivity index (χ0) is 12.3. The summed E-state index contributed by atoms with van der Waals surface area (Å²) in [7, 11) is 0. The van der Waals surface area contributed by atoms with Gasteiger partial charge in [0, 0.05) is 18.8 Å². The molecule has 0 N–H and O–H groups in total. The van der Waals surface area contributed by atoms with Crippen molar-refractivity contribution in [2.45, 2.75) is 33.1 Å². The second kappa shape index (κ2) is 4.79. The summed E-state index contributed by atoms with van der Waals surface area (Å²) in [5, 5.41) is 8.79. The molecular formula is C15H20N2. The Labute approximate surface area is 104 Å². The normalized spacial score (nSPS) is 19.5. The molecule has 1 heterocycles. The molecule has 2 nitrogen and oxygen atoms in total. The number of hydrogen-bond donors (Lipinski definition) is 0. The molecule has 0 bridgehead atoms. The van der Waals surface area contributed by atoms with Crippen molar-refractivity contribution in [3.05, 3.63) is 29.8 Å². The van der Waals surface area contributed by atoms with Crippen molar-refractivity contribution < 1.29 is 0 Å². The molecule has 2 heteroatoms. The van der Waals surface area contributed by atoms with Crippen molar-refractivity contribution in [1.29, 1.82) is 5.26 Å². The van der Waals surface area contributed by atoms with E-state index in [0.29, 0.717) is 5.41 Å². The zero-order valence-corrected chi connectivity index (χ0v) is 10.7. The third-order valence-electron chi connectivity index (χ3n) is 3.70. The maximum Gasteiger partial charge on any atom is 0.0991 e. The summed E-state index contributed by atoms with van der Waals surface area (Å²) in [5.41, 5.74) is 2.46. The van der Waals surface area contributed by atoms with Gasteiger partial charge in [-0.3, -0.25) is 0 Å². The molecule has 1 fully saturated rings. The van der Waals surface area contributed by atoms with Crippen molar-refractivity contribution in [3.8, 4) is 6.07 Å². The van der Waals surface area contributed by atoms with Gasteiger partial charge in [-0.05, 0) is 48.9 Å². The monoisotopic (exact) mass is 228 g/mol. The van der Waals surface area contributed by atoms with Gasteiger partial charge >= 0.3 is 0 Å². The summed E-state index contributed by atoms with van der Waals surface area (Å²) < 4.78 is 0. The average molecular weight is 228 g/mol. The lowest BCUT2D eigenvalue weighted by Crippen LogP contribution is -2.24. The molecule has 0 atom stereocenters. The Hall–Kier alpha value is -1.49. The van der Waals surface area contributed by atoms with Gasteiger partial charge in [-0.1, -0.05) is 13.8 Å². The van der Waals surface area contributed by atoms with Crippen molar-refractivity contribution in [2.24, 2.45) is 5.41 Å². The third-order valence-corrected chi connectivity index (χ3v) is 3.70. The quantitative estimate of drug-likeness (QED) is 0.734. The van der Waals surface area contributed by atoms with Crippen LogP contribution in [-0.4, -0.2) is 13.1 Å². The first-order valence-electron chi connectivity index (χ1n) is 6.36. The molecule has 0 amide bonds. The number of nitrogens with zero attached hydrogens (tertiary/aromatic N) is 2. The molecule has 0 aliphatic carbocycles. The fourth-order valence-electron chi connectivity index (χ4n) is 2.43. The van der Waals surface area contributed by atoms with E-state index in [1.165, 1.54) is 24.9 Å². The summed E-state index contributed by atoms with van der Waals surface area (Å²) in [5.74, 6) is 0. The van der Waals surface area contributed by atoms with E-state index in [2.05, 4.69) is 36.9 Å². The Morgan fingerprint density at radius 3 is 2.47 bits per heavy atom. The van der Waals surface area contributed by atoms with Crippen molar-refractivity contribution in [2.75, 3.05) is 18.0 Å². The van der Waals surface area contributed by atoms with E-state index in [1.807, 2.05) is 12.1 Å². The van der Waals surface area contributed by atoms with Crippen LogP contribution in [0.3, 0.4) is 0 Å². The van der Waals surface area contributed by atoms with Crippen LogP contribution >= 0.6 is 0 Å². The van der Waals surface area contributed by atoms with Gasteiger partial charge in [-0.15, -0.1) is 0 Å². The van der Waals surface area contributed by atoms with Gasteiger partial charge in [0.15, 0.2) is 0 Å². The fourth-order valence-corrected chi connectivity index (χ4v) is 2.43. The van der Waals surface area contributed by atoms with Crippen LogP contribution in [-0.2, 0) is 0 Å². The first-order chi connectivity index (χ1) is 8.11. The third kappa shape index (κ3) is 3.00. The second-order valence-electron chi connectivity index (χ2n) is 5.66. The number of rotatable bonds is 1. The summed E-state index contributed by atoms with van der Waals surface area (Å²) in [6, 6.07) is 10.1. The highest BCUT2D eigenvalue weighted by molar-refractivity contribution is 5.49. The fraction of sp³-hybridized carbons (Fsp3) is 0.533. The second-order valence-corrected chi connectivity index (χ2v) is 5.66. The predicted octanol–water partition coefficient (Wildman–Crippen LogP) is 3.57. The molecule has 17 heavy (non-hydrogen) atoms. The van der Waals surface area contributed by atoms with Gasteiger partial charge in [0.1, 0.15) is 0 Å². The van der Waals surface area contributed by atoms with Gasteiger partial charge in [-0.2, -0.15) is 5.26 Å². The molecule has 90 valence electrons. The topological polar surface area (TPSA) is 27.0 Å². The van der Waals surface area contributed by atoms with Crippen LogP contribution in [0.4, 0.5) is 5.69 Å². The van der Waals surface area contributed by atoms with E-state index >= 15 is 0 Å². The predicted molar refractivity (Wildman–Crippen MR) is 71.0 cm³/mol. The van der Waals surface area contributed by atoms with Crippen LogP contribution in [0.15, 0.2) is 24.3 Å². The van der Waals surface area contributed by atoms with Gasteiger partial charge in [0.05, 0.1) is 11.6 Å². The Morgan fingerprint density at radius 1 is 1.12 bits per heavy atom. The van der Waals surface area contributed by atoms with E-state index in [9.17, 15) is 0 Å². The first kappa shape index (κ1) is 12.0. The summed E-state index contributed by atoms with van der Waals surface area (Å²) in [6.07, 6.45) is 3.81. The zero-order valence-electron chi connectivity index (χ0n) is 10.7. The molecule has 1 saturated heterocycles. The minimum Gasteiger partial charge on any atom is -0.372 e. The summed E-state index contributed by atoms with van der Waals surface area (Å²) in [4.78, 5) is 2.44. The molecule has 0 unspecified atom stereocenters. The van der Waals surface area contributed by atoms with E-state index in [-0.39, 0.29) is 0 Å². The lowest BCUT2D eigenvalue weighted by atomic mass is 9.85. The maximum atomic E-state index is 8.79. The standard InChI is InChI=1S/C15H20N2/c1-15(2)8-3-10-17(11-9-15)14-6-4-13(12-16)5-7-14/h4-7H,3,8-11H2,1-2H3. The van der Waals surface area contributed by atoms with E-state index in [4.69, 9.17) is 5.26 Å². The Balaban J connectivity index is 2.09. The van der Waals surface area contributed by atoms with E-state index in [0.717, 1.165) is 18.7 Å². The molecule has 2 rings (SSSR count). The smallest absolute Gasteiger partial charge is 0.0991 e. The van der Waals surface area contributed by atoms with Crippen LogP contribution in [0.2, 0.25) is 0 Å². The lowest BCUT2D eigenvalue weighted by molar-refractivity contribution is 0.325. The Bertz CT molecular complexity index is 412. The van der Waals surface area contributed by atoms with Gasteiger partial charge in [-0.25, -0.2) is 0 Å². The Kier molecular flexibility index (Phi) is 3.38. The van der Waals surface area contributed by atoms with Crippen LogP contribution in [0, 0.1) is 16.7 Å². The van der Waals surface area contributed by atoms with Crippen molar-refractivity contribution >= 4 is 5.69 Å². The summed E-state index contributed by atoms with van der Waals surface area (Å²) in [6.45, 7) is 6.97. The van der Waals surface area contributed by atoms with E-state index in [1.54, 1.807) is 0 Å². The SMILES string of the molecule is CC1(C)CCCN(c2ccc(C#N)cc2)CC1. The molecule has 1 aliphatic rings. The number of nitriles is 1. The molecule has 0 aromatic heterocycles. The van der Waals surface area contributed by atoms with Crippen LogP contribution < -0.4 is 4.90 Å². The van der Waals surface area contributed by atoms with Crippen molar-refractivity contribution in [1.82, 2.24) is 0 Å². The van der Waals surface area contributed by atoms with Crippen LogP contribution in [0.1, 0.15) is 38.7 Å². The molecule has 0 radical (unpaired) electrons. The highest BCUT2D eigenvalue weighted by Crippen LogP contribution is 2.31. The molecular weight excluding hydrogens is 208 g/mol. The van der Waals surface area contributed by atoms with Gasteiger partial charge in [0.2, 0.25) is 0 Å². The van der Waals surface area contributed by atoms with Gasteiger partial charge < -0.3 is 4.90 Å². The Morgan fingerprint density at radius 2 is 1.82 bits per heavy atom. The lowest BCUT2D eigenvalue weighted by Gasteiger charge is -2.24. The molecule has 0 spiro atoms. The van der Waals surface area contributed by atoms with Crippen molar-refractivity contribution in [3.63, 3.8) is 0 Å². The molecule has 1 aromatic carbocycles. The molecule has 0 saturated carbocycles. The van der Waals surface area contributed by atoms with E-state index < -0.39 is 0 Å².